The van der Waals surface area contributed by atoms with Crippen LogP contribution < -0.4 is 0 Å². The lowest BCUT2D eigenvalue weighted by molar-refractivity contribution is 0.109. The van der Waals surface area contributed by atoms with Crippen LogP contribution in [0, 0.1) is 12.8 Å². The Morgan fingerprint density at radius 3 is 2.67 bits per heavy atom. The van der Waals surface area contributed by atoms with Crippen molar-refractivity contribution >= 4 is 6.29 Å². The summed E-state index contributed by atoms with van der Waals surface area (Å²) >= 11 is 0. The summed E-state index contributed by atoms with van der Waals surface area (Å²) < 4.78 is 5.09. The van der Waals surface area contributed by atoms with Gasteiger partial charge in [0.2, 0.25) is 6.29 Å². The van der Waals surface area contributed by atoms with Gasteiger partial charge >= 0.3 is 0 Å². The number of aromatic nitrogens is 1. The predicted octanol–water partition coefficient (Wildman–Crippen LogP) is 1.99. The van der Waals surface area contributed by atoms with E-state index in [1.807, 2.05) is 6.92 Å². The van der Waals surface area contributed by atoms with E-state index in [-0.39, 0.29) is 5.89 Å². The van der Waals surface area contributed by atoms with Crippen molar-refractivity contribution in [3.63, 3.8) is 0 Å². The fourth-order valence-electron chi connectivity index (χ4n) is 1.08. The monoisotopic (exact) mass is 167 g/mol. The molecule has 0 aliphatic carbocycles. The van der Waals surface area contributed by atoms with Crippen LogP contribution in [0.25, 0.3) is 0 Å². The van der Waals surface area contributed by atoms with Crippen molar-refractivity contribution in [2.24, 2.45) is 5.92 Å². The van der Waals surface area contributed by atoms with Crippen molar-refractivity contribution in [3.8, 4) is 0 Å². The molecule has 0 saturated heterocycles. The summed E-state index contributed by atoms with van der Waals surface area (Å²) in [5.41, 5.74) is 0.895. The van der Waals surface area contributed by atoms with Gasteiger partial charge in [-0.2, -0.15) is 0 Å². The number of nitrogens with zero attached hydrogens (tertiary/aromatic N) is 1. The Labute approximate surface area is 71.8 Å². The van der Waals surface area contributed by atoms with Crippen molar-refractivity contribution in [1.82, 2.24) is 4.98 Å². The molecule has 1 rings (SSSR count). The van der Waals surface area contributed by atoms with Crippen molar-refractivity contribution in [3.05, 3.63) is 17.3 Å². The van der Waals surface area contributed by atoms with Crippen LogP contribution >= 0.6 is 0 Å². The molecule has 0 aliphatic rings. The Bertz CT molecular complexity index is 276. The third kappa shape index (κ3) is 1.94. The number of aryl methyl sites for hydroxylation is 1. The second-order valence-corrected chi connectivity index (χ2v) is 3.27. The van der Waals surface area contributed by atoms with E-state index in [2.05, 4.69) is 18.8 Å². The molecular formula is C9H13NO2. The van der Waals surface area contributed by atoms with Gasteiger partial charge in [-0.05, 0) is 19.3 Å². The van der Waals surface area contributed by atoms with E-state index in [0.717, 1.165) is 17.9 Å². The maximum Gasteiger partial charge on any atom is 0.260 e. The molecule has 1 heterocycles. The number of carbonyl (C=O) groups is 1. The quantitative estimate of drug-likeness (QED) is 0.646. The number of rotatable bonds is 3. The Kier molecular flexibility index (Phi) is 2.63. The summed E-state index contributed by atoms with van der Waals surface area (Å²) in [6.07, 6.45) is 1.50. The summed E-state index contributed by atoms with van der Waals surface area (Å²) in [6.45, 7) is 6.04. The third-order valence-corrected chi connectivity index (χ3v) is 1.61. The standard InChI is InChI=1S/C9H13NO2/c1-6(2)4-8-7(3)12-9(5-11)10-8/h5-6H,4H2,1-3H3. The molecular weight excluding hydrogens is 154 g/mol. The Morgan fingerprint density at radius 2 is 2.25 bits per heavy atom. The summed E-state index contributed by atoms with van der Waals surface area (Å²) in [7, 11) is 0. The van der Waals surface area contributed by atoms with E-state index in [1.165, 1.54) is 0 Å². The molecule has 0 N–H and O–H groups in total. The molecule has 0 radical (unpaired) electrons. The van der Waals surface area contributed by atoms with Crippen LogP contribution in [-0.2, 0) is 6.42 Å². The predicted molar refractivity (Wildman–Crippen MR) is 45.2 cm³/mol. The minimum absolute atomic E-state index is 0.183. The molecule has 0 saturated carbocycles. The normalized spacial score (nSPS) is 10.7. The van der Waals surface area contributed by atoms with Crippen LogP contribution in [0.2, 0.25) is 0 Å². The van der Waals surface area contributed by atoms with Crippen LogP contribution in [0.5, 0.6) is 0 Å². The van der Waals surface area contributed by atoms with Gasteiger partial charge in [0, 0.05) is 0 Å². The molecule has 3 heteroatoms. The van der Waals surface area contributed by atoms with Gasteiger partial charge in [-0.15, -0.1) is 0 Å². The minimum Gasteiger partial charge on any atom is -0.439 e. The first-order chi connectivity index (χ1) is 5.63. The van der Waals surface area contributed by atoms with E-state index < -0.39 is 0 Å². The van der Waals surface area contributed by atoms with Gasteiger partial charge in [-0.3, -0.25) is 4.79 Å². The maximum absolute atomic E-state index is 10.3. The average Bonchev–Trinajstić information content (AvgIpc) is 2.31. The molecule has 0 atom stereocenters. The second-order valence-electron chi connectivity index (χ2n) is 3.27. The first kappa shape index (κ1) is 8.97. The molecule has 12 heavy (non-hydrogen) atoms. The number of carbonyl (C=O) groups excluding carboxylic acids is 1. The van der Waals surface area contributed by atoms with Gasteiger partial charge in [0.15, 0.2) is 0 Å². The van der Waals surface area contributed by atoms with Crippen molar-refractivity contribution < 1.29 is 9.21 Å². The summed E-state index contributed by atoms with van der Waals surface area (Å²) in [5.74, 6) is 1.47. The van der Waals surface area contributed by atoms with E-state index >= 15 is 0 Å². The Hall–Kier alpha value is -1.12. The molecule has 0 aliphatic heterocycles. The molecule has 0 spiro atoms. The zero-order valence-corrected chi connectivity index (χ0v) is 7.63. The molecule has 0 amide bonds. The highest BCUT2D eigenvalue weighted by Gasteiger charge is 2.09. The summed E-state index contributed by atoms with van der Waals surface area (Å²) in [6, 6.07) is 0. The molecule has 1 aromatic rings. The zero-order chi connectivity index (χ0) is 9.14. The van der Waals surface area contributed by atoms with Gasteiger partial charge in [0.25, 0.3) is 5.89 Å². The number of aldehydes is 1. The highest BCUT2D eigenvalue weighted by atomic mass is 16.4. The van der Waals surface area contributed by atoms with E-state index in [0.29, 0.717) is 12.2 Å². The Balaban J connectivity index is 2.84. The highest BCUT2D eigenvalue weighted by Crippen LogP contribution is 2.12. The van der Waals surface area contributed by atoms with Gasteiger partial charge in [-0.1, -0.05) is 13.8 Å². The van der Waals surface area contributed by atoms with E-state index in [1.54, 1.807) is 0 Å². The first-order valence-electron chi connectivity index (χ1n) is 4.05. The molecule has 0 unspecified atom stereocenters. The maximum atomic E-state index is 10.3. The molecule has 0 fully saturated rings. The molecule has 1 aromatic heterocycles. The fraction of sp³-hybridized carbons (Fsp3) is 0.556. The van der Waals surface area contributed by atoms with Crippen LogP contribution in [0.4, 0.5) is 0 Å². The Morgan fingerprint density at radius 1 is 1.58 bits per heavy atom. The number of hydrogen-bond donors (Lipinski definition) is 0. The van der Waals surface area contributed by atoms with Crippen LogP contribution in [0.15, 0.2) is 4.42 Å². The largest absolute Gasteiger partial charge is 0.439 e. The lowest BCUT2D eigenvalue weighted by Gasteiger charge is -1.99. The van der Waals surface area contributed by atoms with Crippen LogP contribution in [-0.4, -0.2) is 11.3 Å². The third-order valence-electron chi connectivity index (χ3n) is 1.61. The summed E-state index contributed by atoms with van der Waals surface area (Å²) in [4.78, 5) is 14.3. The van der Waals surface area contributed by atoms with Gasteiger partial charge in [0.1, 0.15) is 5.76 Å². The SMILES string of the molecule is Cc1oc(C=O)nc1CC(C)C. The second kappa shape index (κ2) is 3.52. The average molecular weight is 167 g/mol. The molecule has 3 nitrogen and oxygen atoms in total. The zero-order valence-electron chi connectivity index (χ0n) is 7.63. The fourth-order valence-corrected chi connectivity index (χ4v) is 1.08. The minimum atomic E-state index is 0.183. The van der Waals surface area contributed by atoms with Gasteiger partial charge < -0.3 is 4.42 Å². The number of hydrogen-bond acceptors (Lipinski definition) is 3. The van der Waals surface area contributed by atoms with E-state index in [9.17, 15) is 4.79 Å². The van der Waals surface area contributed by atoms with Crippen molar-refractivity contribution in [2.45, 2.75) is 27.2 Å². The lowest BCUT2D eigenvalue weighted by Crippen LogP contribution is -1.96. The van der Waals surface area contributed by atoms with Crippen LogP contribution in [0.1, 0.15) is 36.0 Å². The smallest absolute Gasteiger partial charge is 0.260 e. The van der Waals surface area contributed by atoms with Crippen molar-refractivity contribution in [2.75, 3.05) is 0 Å². The van der Waals surface area contributed by atoms with Gasteiger partial charge in [-0.25, -0.2) is 4.98 Å². The highest BCUT2D eigenvalue weighted by molar-refractivity contribution is 5.67. The van der Waals surface area contributed by atoms with Crippen molar-refractivity contribution in [1.29, 1.82) is 0 Å². The molecule has 0 aromatic carbocycles. The van der Waals surface area contributed by atoms with Crippen LogP contribution in [0.3, 0.4) is 0 Å². The van der Waals surface area contributed by atoms with Gasteiger partial charge in [0.05, 0.1) is 5.69 Å². The lowest BCUT2D eigenvalue weighted by atomic mass is 10.1. The topological polar surface area (TPSA) is 43.1 Å². The first-order valence-corrected chi connectivity index (χ1v) is 4.05. The molecule has 66 valence electrons. The number of oxazole rings is 1. The van der Waals surface area contributed by atoms with E-state index in [4.69, 9.17) is 4.42 Å². The molecule has 0 bridgehead atoms. The summed E-state index contributed by atoms with van der Waals surface area (Å²) in [5, 5.41) is 0.